The van der Waals surface area contributed by atoms with E-state index < -0.39 is 5.97 Å². The summed E-state index contributed by atoms with van der Waals surface area (Å²) in [6, 6.07) is 9.32. The molecule has 0 heterocycles. The number of carboxylic acid groups (broad SMARTS) is 1. The molecule has 1 N–H and O–H groups in total. The number of hydrogen-bond donors (Lipinski definition) is 1. The zero-order valence-corrected chi connectivity index (χ0v) is 7.93. The number of carboxylic acids is 1. The lowest BCUT2D eigenvalue weighted by atomic mass is 10.1. The zero-order chi connectivity index (χ0) is 10.4. The SMILES string of the molecule is COC/C(=C\C(=O)O)c1ccccc1. The molecule has 0 bridgehead atoms. The van der Waals surface area contributed by atoms with E-state index in [1.807, 2.05) is 30.3 Å². The fourth-order valence-corrected chi connectivity index (χ4v) is 1.17. The first-order valence-electron chi connectivity index (χ1n) is 4.22. The van der Waals surface area contributed by atoms with Gasteiger partial charge in [-0.05, 0) is 11.1 Å². The van der Waals surface area contributed by atoms with Gasteiger partial charge in [0.15, 0.2) is 0 Å². The molecule has 1 rings (SSSR count). The summed E-state index contributed by atoms with van der Waals surface area (Å²) >= 11 is 0. The lowest BCUT2D eigenvalue weighted by Gasteiger charge is -2.04. The van der Waals surface area contributed by atoms with E-state index in [1.165, 1.54) is 6.08 Å². The highest BCUT2D eigenvalue weighted by atomic mass is 16.5. The predicted octanol–water partition coefficient (Wildman–Crippen LogP) is 1.80. The largest absolute Gasteiger partial charge is 0.478 e. The molecule has 14 heavy (non-hydrogen) atoms. The first kappa shape index (κ1) is 10.5. The van der Waals surface area contributed by atoms with Crippen LogP contribution in [0.25, 0.3) is 5.57 Å². The molecule has 3 heteroatoms. The van der Waals surface area contributed by atoms with Crippen LogP contribution in [0.4, 0.5) is 0 Å². The van der Waals surface area contributed by atoms with Crippen LogP contribution in [0.1, 0.15) is 5.56 Å². The van der Waals surface area contributed by atoms with Crippen LogP contribution in [-0.2, 0) is 9.53 Å². The van der Waals surface area contributed by atoms with Crippen LogP contribution >= 0.6 is 0 Å². The van der Waals surface area contributed by atoms with Crippen molar-refractivity contribution in [1.82, 2.24) is 0 Å². The molecule has 0 spiro atoms. The number of carbonyl (C=O) groups is 1. The Hall–Kier alpha value is -1.61. The molecule has 0 radical (unpaired) electrons. The van der Waals surface area contributed by atoms with Gasteiger partial charge in [-0.3, -0.25) is 0 Å². The second-order valence-corrected chi connectivity index (χ2v) is 2.81. The van der Waals surface area contributed by atoms with Gasteiger partial charge in [-0.25, -0.2) is 4.79 Å². The second kappa shape index (κ2) is 5.19. The Kier molecular flexibility index (Phi) is 3.88. The van der Waals surface area contributed by atoms with E-state index in [4.69, 9.17) is 9.84 Å². The highest BCUT2D eigenvalue weighted by Gasteiger charge is 2.02. The van der Waals surface area contributed by atoms with E-state index in [0.29, 0.717) is 12.2 Å². The Morgan fingerprint density at radius 2 is 2.07 bits per heavy atom. The quantitative estimate of drug-likeness (QED) is 0.740. The molecule has 74 valence electrons. The van der Waals surface area contributed by atoms with Crippen LogP contribution in [-0.4, -0.2) is 24.8 Å². The van der Waals surface area contributed by atoms with Crippen molar-refractivity contribution < 1.29 is 14.6 Å². The van der Waals surface area contributed by atoms with Crippen LogP contribution in [0.5, 0.6) is 0 Å². The number of rotatable bonds is 4. The number of methoxy groups -OCH3 is 1. The van der Waals surface area contributed by atoms with Crippen LogP contribution in [0.2, 0.25) is 0 Å². The number of hydrogen-bond acceptors (Lipinski definition) is 2. The minimum Gasteiger partial charge on any atom is -0.478 e. The Morgan fingerprint density at radius 3 is 2.57 bits per heavy atom. The van der Waals surface area contributed by atoms with E-state index in [1.54, 1.807) is 7.11 Å². The molecule has 0 unspecified atom stereocenters. The Bertz CT molecular complexity index is 328. The molecule has 0 fully saturated rings. The molecular weight excluding hydrogens is 180 g/mol. The molecule has 3 nitrogen and oxygen atoms in total. The van der Waals surface area contributed by atoms with E-state index >= 15 is 0 Å². The number of benzene rings is 1. The third-order valence-corrected chi connectivity index (χ3v) is 1.74. The second-order valence-electron chi connectivity index (χ2n) is 2.81. The fraction of sp³-hybridized carbons (Fsp3) is 0.182. The monoisotopic (exact) mass is 192 g/mol. The standard InChI is InChI=1S/C11H12O3/c1-14-8-10(7-11(12)13)9-5-3-2-4-6-9/h2-7H,8H2,1H3,(H,12,13)/b10-7+. The summed E-state index contributed by atoms with van der Waals surface area (Å²) < 4.78 is 4.93. The molecule has 0 aliphatic rings. The molecule has 0 aliphatic heterocycles. The van der Waals surface area contributed by atoms with Gasteiger partial charge in [0.05, 0.1) is 6.61 Å². The lowest BCUT2D eigenvalue weighted by Crippen LogP contribution is -1.98. The molecule has 0 amide bonds. The summed E-state index contributed by atoms with van der Waals surface area (Å²) in [6.45, 7) is 0.302. The van der Waals surface area contributed by atoms with Crippen LogP contribution in [0, 0.1) is 0 Å². The normalized spacial score (nSPS) is 11.4. The third-order valence-electron chi connectivity index (χ3n) is 1.74. The van der Waals surface area contributed by atoms with Gasteiger partial charge in [-0.2, -0.15) is 0 Å². The van der Waals surface area contributed by atoms with Gasteiger partial charge in [0, 0.05) is 13.2 Å². The summed E-state index contributed by atoms with van der Waals surface area (Å²) in [5.41, 5.74) is 1.54. The topological polar surface area (TPSA) is 46.5 Å². The third kappa shape index (κ3) is 3.03. The van der Waals surface area contributed by atoms with Gasteiger partial charge in [0.2, 0.25) is 0 Å². The average molecular weight is 192 g/mol. The zero-order valence-electron chi connectivity index (χ0n) is 7.93. The first-order chi connectivity index (χ1) is 6.74. The summed E-state index contributed by atoms with van der Waals surface area (Å²) in [4.78, 5) is 10.5. The van der Waals surface area contributed by atoms with E-state index in [-0.39, 0.29) is 0 Å². The van der Waals surface area contributed by atoms with Crippen molar-refractivity contribution in [3.05, 3.63) is 42.0 Å². The lowest BCUT2D eigenvalue weighted by molar-refractivity contribution is -0.131. The summed E-state index contributed by atoms with van der Waals surface area (Å²) in [5.74, 6) is -0.957. The Morgan fingerprint density at radius 1 is 1.43 bits per heavy atom. The van der Waals surface area contributed by atoms with E-state index in [9.17, 15) is 4.79 Å². The first-order valence-corrected chi connectivity index (χ1v) is 4.22. The molecule has 1 aromatic carbocycles. The van der Waals surface area contributed by atoms with Crippen molar-refractivity contribution >= 4 is 11.5 Å². The van der Waals surface area contributed by atoms with Crippen molar-refractivity contribution in [2.45, 2.75) is 0 Å². The summed E-state index contributed by atoms with van der Waals surface area (Å²) in [5, 5.41) is 8.64. The summed E-state index contributed by atoms with van der Waals surface area (Å²) in [7, 11) is 1.54. The van der Waals surface area contributed by atoms with Crippen molar-refractivity contribution in [2.75, 3.05) is 13.7 Å². The Balaban J connectivity index is 2.94. The van der Waals surface area contributed by atoms with Crippen LogP contribution < -0.4 is 0 Å². The van der Waals surface area contributed by atoms with E-state index in [0.717, 1.165) is 5.56 Å². The molecule has 0 saturated heterocycles. The highest BCUT2D eigenvalue weighted by molar-refractivity contribution is 5.90. The molecule has 0 aromatic heterocycles. The van der Waals surface area contributed by atoms with Gasteiger partial charge in [0.1, 0.15) is 0 Å². The van der Waals surface area contributed by atoms with E-state index in [2.05, 4.69) is 0 Å². The molecule has 0 saturated carbocycles. The van der Waals surface area contributed by atoms with Gasteiger partial charge in [0.25, 0.3) is 0 Å². The number of aliphatic carboxylic acids is 1. The van der Waals surface area contributed by atoms with Crippen LogP contribution in [0.3, 0.4) is 0 Å². The maximum atomic E-state index is 10.5. The molecule has 0 atom stereocenters. The molecule has 0 aliphatic carbocycles. The van der Waals surface area contributed by atoms with Crippen molar-refractivity contribution in [1.29, 1.82) is 0 Å². The van der Waals surface area contributed by atoms with Crippen molar-refractivity contribution in [2.24, 2.45) is 0 Å². The van der Waals surface area contributed by atoms with Gasteiger partial charge < -0.3 is 9.84 Å². The minimum atomic E-state index is -0.957. The van der Waals surface area contributed by atoms with Crippen molar-refractivity contribution in [3.8, 4) is 0 Å². The molecular formula is C11H12O3. The summed E-state index contributed by atoms with van der Waals surface area (Å²) in [6.07, 6.45) is 1.17. The van der Waals surface area contributed by atoms with Gasteiger partial charge in [-0.1, -0.05) is 30.3 Å². The fourth-order valence-electron chi connectivity index (χ4n) is 1.17. The maximum absolute atomic E-state index is 10.5. The maximum Gasteiger partial charge on any atom is 0.328 e. The van der Waals surface area contributed by atoms with Crippen LogP contribution in [0.15, 0.2) is 36.4 Å². The van der Waals surface area contributed by atoms with Gasteiger partial charge >= 0.3 is 5.97 Å². The minimum absolute atomic E-state index is 0.302. The predicted molar refractivity (Wildman–Crippen MR) is 53.9 cm³/mol. The Labute approximate surface area is 82.6 Å². The molecule has 1 aromatic rings. The van der Waals surface area contributed by atoms with Gasteiger partial charge in [-0.15, -0.1) is 0 Å². The number of ether oxygens (including phenoxy) is 1. The highest BCUT2D eigenvalue weighted by Crippen LogP contribution is 2.13. The smallest absolute Gasteiger partial charge is 0.328 e. The average Bonchev–Trinajstić information content (AvgIpc) is 2.18. The van der Waals surface area contributed by atoms with Crippen molar-refractivity contribution in [3.63, 3.8) is 0 Å².